The summed E-state index contributed by atoms with van der Waals surface area (Å²) in [5, 5.41) is 0. The van der Waals surface area contributed by atoms with Gasteiger partial charge >= 0.3 is 0 Å². The molecule has 7 heteroatoms. The summed E-state index contributed by atoms with van der Waals surface area (Å²) in [6.45, 7) is 0.261. The van der Waals surface area contributed by atoms with E-state index >= 15 is 0 Å². The van der Waals surface area contributed by atoms with Gasteiger partial charge in [0.25, 0.3) is 0 Å². The van der Waals surface area contributed by atoms with E-state index in [9.17, 15) is 12.8 Å². The molecule has 0 aliphatic heterocycles. The molecule has 4 nitrogen and oxygen atoms in total. The SMILES string of the molecule is CN(C)S(=O)(=O)CCCOc1ccc(F)cc1Br. The normalized spacial score (nSPS) is 11.8. The van der Waals surface area contributed by atoms with Crippen LogP contribution in [0.25, 0.3) is 0 Å². The summed E-state index contributed by atoms with van der Waals surface area (Å²) < 4.78 is 42.8. The molecule has 1 rings (SSSR count). The largest absolute Gasteiger partial charge is 0.492 e. The third-order valence-corrected chi connectivity index (χ3v) is 4.79. The van der Waals surface area contributed by atoms with Crippen LogP contribution in [0.2, 0.25) is 0 Å². The van der Waals surface area contributed by atoms with Gasteiger partial charge in [0.05, 0.1) is 16.8 Å². The van der Waals surface area contributed by atoms with Crippen LogP contribution in [0, 0.1) is 5.82 Å². The Morgan fingerprint density at radius 2 is 2.06 bits per heavy atom. The van der Waals surface area contributed by atoms with Crippen LogP contribution < -0.4 is 4.74 Å². The van der Waals surface area contributed by atoms with E-state index in [1.165, 1.54) is 36.6 Å². The molecular weight excluding hydrogens is 325 g/mol. The van der Waals surface area contributed by atoms with Gasteiger partial charge in [-0.05, 0) is 40.5 Å². The molecule has 0 amide bonds. The Hall–Kier alpha value is -0.660. The van der Waals surface area contributed by atoms with Gasteiger partial charge in [-0.2, -0.15) is 0 Å². The van der Waals surface area contributed by atoms with Gasteiger partial charge in [-0.15, -0.1) is 0 Å². The van der Waals surface area contributed by atoms with Crippen molar-refractivity contribution in [2.24, 2.45) is 0 Å². The molecule has 0 heterocycles. The number of ether oxygens (including phenoxy) is 1. The summed E-state index contributed by atoms with van der Waals surface area (Å²) in [6.07, 6.45) is 0.379. The van der Waals surface area contributed by atoms with Crippen molar-refractivity contribution in [2.45, 2.75) is 6.42 Å². The predicted molar refractivity (Wildman–Crippen MR) is 71.7 cm³/mol. The van der Waals surface area contributed by atoms with Crippen LogP contribution in [0.1, 0.15) is 6.42 Å². The Morgan fingerprint density at radius 3 is 2.61 bits per heavy atom. The van der Waals surface area contributed by atoms with E-state index in [2.05, 4.69) is 15.9 Å². The zero-order valence-corrected chi connectivity index (χ0v) is 12.6. The van der Waals surface area contributed by atoms with Gasteiger partial charge in [0.1, 0.15) is 11.6 Å². The van der Waals surface area contributed by atoms with Gasteiger partial charge in [0.15, 0.2) is 0 Å². The molecule has 0 spiro atoms. The van der Waals surface area contributed by atoms with Gasteiger partial charge < -0.3 is 4.74 Å². The lowest BCUT2D eigenvalue weighted by Gasteiger charge is -2.12. The molecule has 0 fully saturated rings. The van der Waals surface area contributed by atoms with Crippen molar-refractivity contribution < 1.29 is 17.5 Å². The first kappa shape index (κ1) is 15.4. The minimum Gasteiger partial charge on any atom is -0.492 e. The van der Waals surface area contributed by atoms with Crippen LogP contribution in [0.15, 0.2) is 22.7 Å². The fraction of sp³-hybridized carbons (Fsp3) is 0.455. The molecule has 0 bridgehead atoms. The van der Waals surface area contributed by atoms with Crippen molar-refractivity contribution in [1.29, 1.82) is 0 Å². The van der Waals surface area contributed by atoms with Gasteiger partial charge in [0, 0.05) is 14.1 Å². The summed E-state index contributed by atoms with van der Waals surface area (Å²) in [7, 11) is -0.202. The van der Waals surface area contributed by atoms with Crippen molar-refractivity contribution in [3.8, 4) is 5.75 Å². The van der Waals surface area contributed by atoms with Gasteiger partial charge in [-0.1, -0.05) is 0 Å². The molecule has 18 heavy (non-hydrogen) atoms. The number of hydrogen-bond donors (Lipinski definition) is 0. The van der Waals surface area contributed by atoms with Crippen LogP contribution in [0.5, 0.6) is 5.75 Å². The number of nitrogens with zero attached hydrogens (tertiary/aromatic N) is 1. The first-order chi connectivity index (χ1) is 8.33. The summed E-state index contributed by atoms with van der Waals surface area (Å²) in [6, 6.07) is 4.09. The maximum atomic E-state index is 12.8. The fourth-order valence-corrected chi connectivity index (χ4v) is 2.51. The zero-order valence-electron chi connectivity index (χ0n) is 10.2. The standard InChI is InChI=1S/C11H15BrFNO3S/c1-14(2)18(15,16)7-3-6-17-11-5-4-9(13)8-10(11)12/h4-5,8H,3,6-7H2,1-2H3. The molecule has 0 N–H and O–H groups in total. The molecule has 1 aromatic carbocycles. The monoisotopic (exact) mass is 339 g/mol. The number of sulfonamides is 1. The van der Waals surface area contributed by atoms with Crippen LogP contribution >= 0.6 is 15.9 Å². The molecule has 1 aromatic rings. The highest BCUT2D eigenvalue weighted by atomic mass is 79.9. The van der Waals surface area contributed by atoms with E-state index in [4.69, 9.17) is 4.74 Å². The van der Waals surface area contributed by atoms with E-state index in [0.29, 0.717) is 16.6 Å². The van der Waals surface area contributed by atoms with Crippen LogP contribution in [-0.2, 0) is 10.0 Å². The highest BCUT2D eigenvalue weighted by molar-refractivity contribution is 9.10. The minimum atomic E-state index is -3.19. The van der Waals surface area contributed by atoms with Crippen LogP contribution in [0.4, 0.5) is 4.39 Å². The summed E-state index contributed by atoms with van der Waals surface area (Å²) in [5.41, 5.74) is 0. The van der Waals surface area contributed by atoms with Gasteiger partial charge in [-0.3, -0.25) is 0 Å². The van der Waals surface area contributed by atoms with E-state index in [1.807, 2.05) is 0 Å². The second-order valence-corrected chi connectivity index (χ2v) is 7.03. The molecule has 0 unspecified atom stereocenters. The second kappa shape index (κ2) is 6.49. The van der Waals surface area contributed by atoms with Crippen LogP contribution in [0.3, 0.4) is 0 Å². The maximum absolute atomic E-state index is 12.8. The molecule has 0 aromatic heterocycles. The van der Waals surface area contributed by atoms with Crippen LogP contribution in [-0.4, -0.2) is 39.2 Å². The van der Waals surface area contributed by atoms with E-state index in [-0.39, 0.29) is 18.2 Å². The van der Waals surface area contributed by atoms with Gasteiger partial charge in [0.2, 0.25) is 10.0 Å². The Kier molecular flexibility index (Phi) is 5.55. The topological polar surface area (TPSA) is 46.6 Å². The summed E-state index contributed by atoms with van der Waals surface area (Å²) in [4.78, 5) is 0. The lowest BCUT2D eigenvalue weighted by Crippen LogP contribution is -2.25. The Bertz CT molecular complexity index is 505. The average Bonchev–Trinajstić information content (AvgIpc) is 2.26. The predicted octanol–water partition coefficient (Wildman–Crippen LogP) is 2.25. The zero-order chi connectivity index (χ0) is 13.8. The van der Waals surface area contributed by atoms with E-state index in [0.717, 1.165) is 0 Å². The summed E-state index contributed by atoms with van der Waals surface area (Å²) in [5.74, 6) is 0.168. The fourth-order valence-electron chi connectivity index (χ4n) is 1.20. The maximum Gasteiger partial charge on any atom is 0.213 e. The van der Waals surface area contributed by atoms with Crippen molar-refractivity contribution in [2.75, 3.05) is 26.5 Å². The smallest absolute Gasteiger partial charge is 0.213 e. The first-order valence-electron chi connectivity index (χ1n) is 5.31. The summed E-state index contributed by atoms with van der Waals surface area (Å²) >= 11 is 3.17. The highest BCUT2D eigenvalue weighted by Gasteiger charge is 2.13. The third-order valence-electron chi connectivity index (χ3n) is 2.25. The first-order valence-corrected chi connectivity index (χ1v) is 7.71. The molecule has 0 aliphatic rings. The Morgan fingerprint density at radius 1 is 1.39 bits per heavy atom. The van der Waals surface area contributed by atoms with Crippen molar-refractivity contribution in [3.63, 3.8) is 0 Å². The molecule has 0 atom stereocenters. The molecule has 0 saturated carbocycles. The number of halogens is 2. The van der Waals surface area contributed by atoms with Crippen molar-refractivity contribution in [3.05, 3.63) is 28.5 Å². The molecule has 0 radical (unpaired) electrons. The lowest BCUT2D eigenvalue weighted by molar-refractivity contribution is 0.314. The quantitative estimate of drug-likeness (QED) is 0.747. The third kappa shape index (κ3) is 4.55. The molecular formula is C11H15BrFNO3S. The van der Waals surface area contributed by atoms with Crippen molar-refractivity contribution in [1.82, 2.24) is 4.31 Å². The Balaban J connectivity index is 2.43. The number of hydrogen-bond acceptors (Lipinski definition) is 3. The number of benzene rings is 1. The van der Waals surface area contributed by atoms with Gasteiger partial charge in [-0.25, -0.2) is 17.1 Å². The lowest BCUT2D eigenvalue weighted by atomic mass is 10.3. The molecule has 102 valence electrons. The Labute approximate surface area is 115 Å². The second-order valence-electron chi connectivity index (χ2n) is 3.88. The highest BCUT2D eigenvalue weighted by Crippen LogP contribution is 2.25. The minimum absolute atomic E-state index is 0.0266. The average molecular weight is 340 g/mol. The molecule has 0 aliphatic carbocycles. The van der Waals surface area contributed by atoms with E-state index in [1.54, 1.807) is 0 Å². The van der Waals surface area contributed by atoms with Crippen molar-refractivity contribution >= 4 is 26.0 Å². The molecule has 0 saturated heterocycles. The van der Waals surface area contributed by atoms with E-state index < -0.39 is 10.0 Å². The number of rotatable bonds is 6.